The smallest absolute Gasteiger partial charge is 0.130 e. The molecular formula is C12H16F2N2. The van der Waals surface area contributed by atoms with Crippen molar-refractivity contribution < 1.29 is 8.78 Å². The van der Waals surface area contributed by atoms with Gasteiger partial charge in [0.15, 0.2) is 0 Å². The van der Waals surface area contributed by atoms with Gasteiger partial charge in [-0.25, -0.2) is 8.78 Å². The largest absolute Gasteiger partial charge is 0.314 e. The Hall–Kier alpha value is -1.00. The average molecular weight is 226 g/mol. The van der Waals surface area contributed by atoms with Crippen molar-refractivity contribution in [3.63, 3.8) is 0 Å². The Morgan fingerprint density at radius 1 is 1.44 bits per heavy atom. The van der Waals surface area contributed by atoms with Crippen LogP contribution in [-0.4, -0.2) is 30.6 Å². The molecule has 16 heavy (non-hydrogen) atoms. The van der Waals surface area contributed by atoms with E-state index in [0.29, 0.717) is 18.2 Å². The molecule has 1 aliphatic heterocycles. The van der Waals surface area contributed by atoms with E-state index in [-0.39, 0.29) is 0 Å². The highest BCUT2D eigenvalue weighted by Crippen LogP contribution is 2.14. The Morgan fingerprint density at radius 2 is 2.25 bits per heavy atom. The summed E-state index contributed by atoms with van der Waals surface area (Å²) in [6.45, 7) is 5.40. The highest BCUT2D eigenvalue weighted by Gasteiger charge is 2.19. The zero-order valence-corrected chi connectivity index (χ0v) is 9.34. The highest BCUT2D eigenvalue weighted by molar-refractivity contribution is 5.18. The van der Waals surface area contributed by atoms with Crippen molar-refractivity contribution in [2.24, 2.45) is 0 Å². The number of nitrogens with zero attached hydrogens (tertiary/aromatic N) is 1. The van der Waals surface area contributed by atoms with Crippen molar-refractivity contribution in [1.82, 2.24) is 10.2 Å². The van der Waals surface area contributed by atoms with E-state index in [2.05, 4.69) is 17.1 Å². The highest BCUT2D eigenvalue weighted by atomic mass is 19.1. The molecule has 0 saturated carbocycles. The van der Waals surface area contributed by atoms with Gasteiger partial charge >= 0.3 is 0 Å². The van der Waals surface area contributed by atoms with Crippen LogP contribution in [0.5, 0.6) is 0 Å². The minimum Gasteiger partial charge on any atom is -0.314 e. The van der Waals surface area contributed by atoms with E-state index in [1.807, 2.05) is 0 Å². The van der Waals surface area contributed by atoms with Crippen LogP contribution in [0, 0.1) is 11.6 Å². The molecule has 0 radical (unpaired) electrons. The first-order valence-corrected chi connectivity index (χ1v) is 5.55. The molecule has 1 aliphatic rings. The lowest BCUT2D eigenvalue weighted by Gasteiger charge is -2.33. The molecule has 1 heterocycles. The van der Waals surface area contributed by atoms with Gasteiger partial charge in [0.25, 0.3) is 0 Å². The summed E-state index contributed by atoms with van der Waals surface area (Å²) in [6.07, 6.45) is 0. The lowest BCUT2D eigenvalue weighted by molar-refractivity contribution is 0.163. The third kappa shape index (κ3) is 2.57. The van der Waals surface area contributed by atoms with Gasteiger partial charge in [-0.05, 0) is 13.0 Å². The van der Waals surface area contributed by atoms with Crippen LogP contribution in [-0.2, 0) is 6.54 Å². The van der Waals surface area contributed by atoms with Crippen molar-refractivity contribution in [2.45, 2.75) is 19.5 Å². The van der Waals surface area contributed by atoms with Crippen LogP contribution in [0.15, 0.2) is 18.2 Å². The first-order chi connectivity index (χ1) is 7.66. The molecule has 2 nitrogen and oxygen atoms in total. The lowest BCUT2D eigenvalue weighted by atomic mass is 10.1. The minimum atomic E-state index is -0.519. The second-order valence-corrected chi connectivity index (χ2v) is 4.26. The Labute approximate surface area is 94.3 Å². The molecule has 0 aliphatic carbocycles. The molecule has 0 spiro atoms. The molecular weight excluding hydrogens is 210 g/mol. The number of halogens is 2. The molecule has 1 aromatic rings. The maximum absolute atomic E-state index is 13.5. The van der Waals surface area contributed by atoms with Crippen LogP contribution in [0.2, 0.25) is 0 Å². The second kappa shape index (κ2) is 4.89. The summed E-state index contributed by atoms with van der Waals surface area (Å²) in [5.41, 5.74) is 0.565. The molecule has 4 heteroatoms. The van der Waals surface area contributed by atoms with Crippen molar-refractivity contribution >= 4 is 0 Å². The molecule has 1 atom stereocenters. The fraction of sp³-hybridized carbons (Fsp3) is 0.500. The van der Waals surface area contributed by atoms with Gasteiger partial charge in [0.05, 0.1) is 0 Å². The summed E-state index contributed by atoms with van der Waals surface area (Å²) in [5.74, 6) is -0.972. The first-order valence-electron chi connectivity index (χ1n) is 5.55. The monoisotopic (exact) mass is 226 g/mol. The fourth-order valence-corrected chi connectivity index (χ4v) is 1.99. The summed E-state index contributed by atoms with van der Waals surface area (Å²) in [4.78, 5) is 2.20. The Balaban J connectivity index is 2.07. The van der Waals surface area contributed by atoms with Gasteiger partial charge in [-0.2, -0.15) is 0 Å². The first kappa shape index (κ1) is 11.5. The SMILES string of the molecule is CC1CNCCN1Cc1ccc(F)cc1F. The number of hydrogen-bond acceptors (Lipinski definition) is 2. The molecule has 0 bridgehead atoms. The number of hydrogen-bond donors (Lipinski definition) is 1. The predicted octanol–water partition coefficient (Wildman–Crippen LogP) is 1.76. The van der Waals surface area contributed by atoms with Gasteiger partial charge in [-0.3, -0.25) is 4.90 Å². The van der Waals surface area contributed by atoms with Gasteiger partial charge in [0, 0.05) is 43.9 Å². The standard InChI is InChI=1S/C12H16F2N2/c1-9-7-15-4-5-16(9)8-10-2-3-11(13)6-12(10)14/h2-3,6,9,15H,4-5,7-8H2,1H3. The quantitative estimate of drug-likeness (QED) is 0.826. The maximum Gasteiger partial charge on any atom is 0.130 e. The zero-order chi connectivity index (χ0) is 11.5. The Kier molecular flexibility index (Phi) is 3.51. The van der Waals surface area contributed by atoms with Crippen LogP contribution >= 0.6 is 0 Å². The summed E-state index contributed by atoms with van der Waals surface area (Å²) in [6, 6.07) is 4.17. The number of benzene rings is 1. The summed E-state index contributed by atoms with van der Waals surface area (Å²) in [7, 11) is 0. The van der Waals surface area contributed by atoms with E-state index in [0.717, 1.165) is 25.7 Å². The van der Waals surface area contributed by atoms with E-state index in [1.54, 1.807) is 0 Å². The summed E-state index contributed by atoms with van der Waals surface area (Å²) in [5, 5.41) is 3.28. The van der Waals surface area contributed by atoms with Crippen molar-refractivity contribution in [1.29, 1.82) is 0 Å². The van der Waals surface area contributed by atoms with E-state index < -0.39 is 11.6 Å². The molecule has 1 aromatic carbocycles. The number of nitrogens with one attached hydrogen (secondary N) is 1. The molecule has 1 unspecified atom stereocenters. The molecule has 88 valence electrons. The summed E-state index contributed by atoms with van der Waals surface area (Å²) >= 11 is 0. The molecule has 1 saturated heterocycles. The molecule has 1 fully saturated rings. The zero-order valence-electron chi connectivity index (χ0n) is 9.34. The molecule has 0 amide bonds. The van der Waals surface area contributed by atoms with Gasteiger partial charge in [0.1, 0.15) is 11.6 Å². The van der Waals surface area contributed by atoms with Crippen LogP contribution in [0.1, 0.15) is 12.5 Å². The molecule has 1 N–H and O–H groups in total. The maximum atomic E-state index is 13.5. The minimum absolute atomic E-state index is 0.387. The Morgan fingerprint density at radius 3 is 2.94 bits per heavy atom. The normalized spacial score (nSPS) is 22.3. The second-order valence-electron chi connectivity index (χ2n) is 4.26. The summed E-state index contributed by atoms with van der Waals surface area (Å²) < 4.78 is 26.2. The topological polar surface area (TPSA) is 15.3 Å². The van der Waals surface area contributed by atoms with Gasteiger partial charge < -0.3 is 5.32 Å². The molecule has 0 aromatic heterocycles. The van der Waals surface area contributed by atoms with Gasteiger partial charge in [-0.1, -0.05) is 6.07 Å². The lowest BCUT2D eigenvalue weighted by Crippen LogP contribution is -2.49. The van der Waals surface area contributed by atoms with Crippen LogP contribution in [0.4, 0.5) is 8.78 Å². The van der Waals surface area contributed by atoms with Gasteiger partial charge in [0.2, 0.25) is 0 Å². The van der Waals surface area contributed by atoms with Crippen LogP contribution < -0.4 is 5.32 Å². The van der Waals surface area contributed by atoms with Gasteiger partial charge in [-0.15, -0.1) is 0 Å². The van der Waals surface area contributed by atoms with Crippen molar-refractivity contribution in [3.05, 3.63) is 35.4 Å². The van der Waals surface area contributed by atoms with Crippen molar-refractivity contribution in [3.8, 4) is 0 Å². The van der Waals surface area contributed by atoms with E-state index >= 15 is 0 Å². The van der Waals surface area contributed by atoms with E-state index in [9.17, 15) is 8.78 Å². The third-order valence-electron chi connectivity index (χ3n) is 3.03. The third-order valence-corrected chi connectivity index (χ3v) is 3.03. The van der Waals surface area contributed by atoms with Crippen LogP contribution in [0.25, 0.3) is 0 Å². The fourth-order valence-electron chi connectivity index (χ4n) is 1.99. The molecule has 2 rings (SSSR count). The Bertz CT molecular complexity index is 368. The van der Waals surface area contributed by atoms with E-state index in [1.165, 1.54) is 12.1 Å². The van der Waals surface area contributed by atoms with E-state index in [4.69, 9.17) is 0 Å². The average Bonchev–Trinajstić information content (AvgIpc) is 2.25. The van der Waals surface area contributed by atoms with Crippen LogP contribution in [0.3, 0.4) is 0 Å². The predicted molar refractivity (Wildman–Crippen MR) is 59.1 cm³/mol. The number of piperazine rings is 1. The number of rotatable bonds is 2. The van der Waals surface area contributed by atoms with Crippen molar-refractivity contribution in [2.75, 3.05) is 19.6 Å².